The minimum Gasteiger partial charge on any atom is -0.311 e. The Labute approximate surface area is 167 Å². The SMILES string of the molecule is CN(C)C(CNCc1cn(Cc2ccccc2)nc1-c1cccnc1)C1CC1. The third kappa shape index (κ3) is 4.66. The van der Waals surface area contributed by atoms with Crippen LogP contribution in [0.5, 0.6) is 0 Å². The molecule has 0 spiro atoms. The molecule has 1 aromatic carbocycles. The highest BCUT2D eigenvalue weighted by molar-refractivity contribution is 5.61. The van der Waals surface area contributed by atoms with Gasteiger partial charge in [0.25, 0.3) is 0 Å². The fourth-order valence-corrected chi connectivity index (χ4v) is 3.80. The molecule has 0 radical (unpaired) electrons. The molecule has 1 N–H and O–H groups in total. The van der Waals surface area contributed by atoms with Gasteiger partial charge in [-0.3, -0.25) is 9.67 Å². The Morgan fingerprint density at radius 2 is 1.96 bits per heavy atom. The van der Waals surface area contributed by atoms with E-state index in [1.54, 1.807) is 6.20 Å². The fraction of sp³-hybridized carbons (Fsp3) is 0.391. The second kappa shape index (κ2) is 8.67. The Balaban J connectivity index is 1.50. The lowest BCUT2D eigenvalue weighted by atomic mass is 10.1. The van der Waals surface area contributed by atoms with Gasteiger partial charge in [0.1, 0.15) is 0 Å². The van der Waals surface area contributed by atoms with Crippen molar-refractivity contribution in [3.63, 3.8) is 0 Å². The first kappa shape index (κ1) is 18.8. The van der Waals surface area contributed by atoms with E-state index in [4.69, 9.17) is 5.10 Å². The van der Waals surface area contributed by atoms with E-state index in [2.05, 4.69) is 65.8 Å². The molecule has 1 unspecified atom stereocenters. The number of pyridine rings is 1. The number of aromatic nitrogens is 3. The van der Waals surface area contributed by atoms with Gasteiger partial charge in [-0.15, -0.1) is 0 Å². The summed E-state index contributed by atoms with van der Waals surface area (Å²) in [6.07, 6.45) is 8.59. The highest BCUT2D eigenvalue weighted by atomic mass is 15.3. The van der Waals surface area contributed by atoms with E-state index in [-0.39, 0.29) is 0 Å². The fourth-order valence-electron chi connectivity index (χ4n) is 3.80. The van der Waals surface area contributed by atoms with Crippen molar-refractivity contribution >= 4 is 0 Å². The summed E-state index contributed by atoms with van der Waals surface area (Å²) in [6, 6.07) is 15.1. The monoisotopic (exact) mass is 375 g/mol. The molecule has 4 rings (SSSR count). The van der Waals surface area contributed by atoms with Crippen LogP contribution in [0.2, 0.25) is 0 Å². The molecule has 28 heavy (non-hydrogen) atoms. The Morgan fingerprint density at radius 3 is 2.64 bits per heavy atom. The molecule has 3 aromatic rings. The number of rotatable bonds is 9. The number of hydrogen-bond acceptors (Lipinski definition) is 4. The molecule has 0 bridgehead atoms. The van der Waals surface area contributed by atoms with Crippen LogP contribution in [0, 0.1) is 5.92 Å². The van der Waals surface area contributed by atoms with Crippen molar-refractivity contribution in [2.45, 2.75) is 32.0 Å². The third-order valence-electron chi connectivity index (χ3n) is 5.46. The Kier molecular flexibility index (Phi) is 5.84. The summed E-state index contributed by atoms with van der Waals surface area (Å²) in [5.74, 6) is 0.848. The molecular formula is C23H29N5. The molecule has 2 aromatic heterocycles. The molecule has 1 fully saturated rings. The molecule has 1 atom stereocenters. The Bertz CT molecular complexity index is 867. The van der Waals surface area contributed by atoms with E-state index in [0.29, 0.717) is 6.04 Å². The average molecular weight is 376 g/mol. The van der Waals surface area contributed by atoms with Crippen LogP contribution >= 0.6 is 0 Å². The smallest absolute Gasteiger partial charge is 0.0983 e. The first-order chi connectivity index (χ1) is 13.7. The number of likely N-dealkylation sites (N-methyl/N-ethyl adjacent to an activating group) is 1. The van der Waals surface area contributed by atoms with Gasteiger partial charge in [0.2, 0.25) is 0 Å². The predicted molar refractivity (Wildman–Crippen MR) is 113 cm³/mol. The molecule has 1 saturated carbocycles. The van der Waals surface area contributed by atoms with Crippen LogP contribution < -0.4 is 5.32 Å². The highest BCUT2D eigenvalue weighted by Crippen LogP contribution is 2.34. The van der Waals surface area contributed by atoms with Crippen molar-refractivity contribution in [1.82, 2.24) is 25.0 Å². The first-order valence-corrected chi connectivity index (χ1v) is 10.1. The van der Waals surface area contributed by atoms with Gasteiger partial charge in [0.05, 0.1) is 12.2 Å². The lowest BCUT2D eigenvalue weighted by molar-refractivity contribution is 0.255. The van der Waals surface area contributed by atoms with Gasteiger partial charge >= 0.3 is 0 Å². The Morgan fingerprint density at radius 1 is 1.14 bits per heavy atom. The van der Waals surface area contributed by atoms with E-state index in [0.717, 1.165) is 36.8 Å². The highest BCUT2D eigenvalue weighted by Gasteiger charge is 2.32. The van der Waals surface area contributed by atoms with Crippen LogP contribution in [0.3, 0.4) is 0 Å². The molecular weight excluding hydrogens is 346 g/mol. The van der Waals surface area contributed by atoms with E-state index in [1.165, 1.54) is 24.0 Å². The standard InChI is InChI=1S/C23H29N5/c1-27(2)22(19-10-11-19)15-25-14-21-17-28(16-18-7-4-3-5-8-18)26-23(21)20-9-6-12-24-13-20/h3-9,12-13,17,19,22,25H,10-11,14-16H2,1-2H3. The molecule has 2 heterocycles. The zero-order valence-electron chi connectivity index (χ0n) is 16.8. The summed E-state index contributed by atoms with van der Waals surface area (Å²) in [7, 11) is 4.37. The summed E-state index contributed by atoms with van der Waals surface area (Å²) < 4.78 is 2.04. The Hall–Kier alpha value is -2.50. The molecule has 1 aliphatic carbocycles. The maximum atomic E-state index is 4.88. The first-order valence-electron chi connectivity index (χ1n) is 10.1. The van der Waals surface area contributed by atoms with Crippen molar-refractivity contribution in [2.24, 2.45) is 5.92 Å². The second-order valence-corrected chi connectivity index (χ2v) is 7.93. The minimum atomic E-state index is 0.612. The normalized spacial score (nSPS) is 15.1. The molecule has 5 nitrogen and oxygen atoms in total. The van der Waals surface area contributed by atoms with Crippen LogP contribution in [0.1, 0.15) is 24.0 Å². The van der Waals surface area contributed by atoms with Gasteiger partial charge in [-0.05, 0) is 50.6 Å². The van der Waals surface area contributed by atoms with Gasteiger partial charge in [-0.25, -0.2) is 0 Å². The van der Waals surface area contributed by atoms with Crippen molar-refractivity contribution in [2.75, 3.05) is 20.6 Å². The summed E-state index contributed by atoms with van der Waals surface area (Å²) in [4.78, 5) is 6.63. The average Bonchev–Trinajstić information content (AvgIpc) is 3.47. The topological polar surface area (TPSA) is 46.0 Å². The second-order valence-electron chi connectivity index (χ2n) is 7.93. The summed E-state index contributed by atoms with van der Waals surface area (Å²) in [5, 5.41) is 8.56. The molecule has 0 aliphatic heterocycles. The zero-order chi connectivity index (χ0) is 19.3. The third-order valence-corrected chi connectivity index (χ3v) is 5.46. The molecule has 5 heteroatoms. The van der Waals surface area contributed by atoms with Crippen molar-refractivity contribution in [3.05, 3.63) is 72.2 Å². The van der Waals surface area contributed by atoms with Gasteiger partial charge in [-0.1, -0.05) is 30.3 Å². The van der Waals surface area contributed by atoms with E-state index < -0.39 is 0 Å². The van der Waals surface area contributed by atoms with Crippen LogP contribution in [0.4, 0.5) is 0 Å². The van der Waals surface area contributed by atoms with Gasteiger partial charge in [-0.2, -0.15) is 5.10 Å². The van der Waals surface area contributed by atoms with E-state index in [1.807, 2.05) is 23.0 Å². The summed E-state index contributed by atoms with van der Waals surface area (Å²) >= 11 is 0. The molecule has 0 amide bonds. The van der Waals surface area contributed by atoms with Crippen LogP contribution in [0.25, 0.3) is 11.3 Å². The maximum absolute atomic E-state index is 4.88. The molecule has 0 saturated heterocycles. The largest absolute Gasteiger partial charge is 0.311 e. The van der Waals surface area contributed by atoms with Crippen molar-refractivity contribution < 1.29 is 0 Å². The quantitative estimate of drug-likeness (QED) is 0.622. The van der Waals surface area contributed by atoms with Gasteiger partial charge in [0.15, 0.2) is 0 Å². The summed E-state index contributed by atoms with van der Waals surface area (Å²) in [6.45, 7) is 2.60. The molecule has 1 aliphatic rings. The van der Waals surface area contributed by atoms with Gasteiger partial charge < -0.3 is 10.2 Å². The minimum absolute atomic E-state index is 0.612. The summed E-state index contributed by atoms with van der Waals surface area (Å²) in [5.41, 5.74) is 4.56. The number of hydrogen-bond donors (Lipinski definition) is 1. The van der Waals surface area contributed by atoms with Crippen LogP contribution in [-0.2, 0) is 13.1 Å². The van der Waals surface area contributed by atoms with Crippen LogP contribution in [-0.4, -0.2) is 46.3 Å². The maximum Gasteiger partial charge on any atom is 0.0983 e. The number of benzene rings is 1. The zero-order valence-corrected chi connectivity index (χ0v) is 16.8. The van der Waals surface area contributed by atoms with Crippen molar-refractivity contribution in [3.8, 4) is 11.3 Å². The van der Waals surface area contributed by atoms with Gasteiger partial charge in [0, 0.05) is 48.8 Å². The van der Waals surface area contributed by atoms with Crippen molar-refractivity contribution in [1.29, 1.82) is 0 Å². The van der Waals surface area contributed by atoms with Crippen LogP contribution in [0.15, 0.2) is 61.1 Å². The number of nitrogens with one attached hydrogen (secondary N) is 1. The predicted octanol–water partition coefficient (Wildman–Crippen LogP) is 3.42. The number of nitrogens with zero attached hydrogens (tertiary/aromatic N) is 4. The molecule has 146 valence electrons. The van der Waals surface area contributed by atoms with E-state index >= 15 is 0 Å². The lowest BCUT2D eigenvalue weighted by Gasteiger charge is -2.24. The van der Waals surface area contributed by atoms with E-state index in [9.17, 15) is 0 Å². The lowest BCUT2D eigenvalue weighted by Crippen LogP contribution is -2.39.